The third-order valence-electron chi connectivity index (χ3n) is 3.70. The van der Waals surface area contributed by atoms with Gasteiger partial charge in [0.15, 0.2) is 0 Å². The summed E-state index contributed by atoms with van der Waals surface area (Å²) in [4.78, 5) is 12.3. The van der Waals surface area contributed by atoms with Crippen LogP contribution in [0.1, 0.15) is 0 Å². The minimum atomic E-state index is -0.324. The van der Waals surface area contributed by atoms with Gasteiger partial charge in [0.2, 0.25) is 0 Å². The summed E-state index contributed by atoms with van der Waals surface area (Å²) in [6.07, 6.45) is 1.94. The summed E-state index contributed by atoms with van der Waals surface area (Å²) in [6, 6.07) is 23.2. The van der Waals surface area contributed by atoms with Crippen LogP contribution in [0.4, 0.5) is 0 Å². The second kappa shape index (κ2) is 5.04. The van der Waals surface area contributed by atoms with Crippen molar-refractivity contribution in [1.82, 2.24) is 4.57 Å². The van der Waals surface area contributed by atoms with E-state index in [1.165, 1.54) is 0 Å². The number of aromatic nitrogens is 1. The van der Waals surface area contributed by atoms with E-state index in [9.17, 15) is 4.79 Å². The molecule has 0 saturated carbocycles. The van der Waals surface area contributed by atoms with Crippen LogP contribution in [0.2, 0.25) is 0 Å². The fourth-order valence-electron chi connectivity index (χ4n) is 2.65. The van der Waals surface area contributed by atoms with Crippen molar-refractivity contribution in [2.24, 2.45) is 0 Å². The normalized spacial score (nSPS) is 10.9. The van der Waals surface area contributed by atoms with E-state index in [1.54, 1.807) is 6.07 Å². The summed E-state index contributed by atoms with van der Waals surface area (Å²) in [6.45, 7) is 0. The number of para-hydroxylation sites is 2. The number of hydrogen-bond acceptors (Lipinski definition) is 2. The van der Waals surface area contributed by atoms with Gasteiger partial charge < -0.3 is 8.98 Å². The molecule has 0 radical (unpaired) electrons. The van der Waals surface area contributed by atoms with E-state index in [2.05, 4.69) is 0 Å². The molecule has 2 aromatic heterocycles. The Labute approximate surface area is 127 Å². The first-order valence-corrected chi connectivity index (χ1v) is 7.09. The summed E-state index contributed by atoms with van der Waals surface area (Å²) < 4.78 is 7.43. The Bertz CT molecular complexity index is 997. The molecule has 0 spiro atoms. The Hall–Kier alpha value is -3.07. The van der Waals surface area contributed by atoms with Crippen molar-refractivity contribution in [1.29, 1.82) is 0 Å². The monoisotopic (exact) mass is 287 g/mol. The van der Waals surface area contributed by atoms with Gasteiger partial charge in [-0.25, -0.2) is 4.79 Å². The van der Waals surface area contributed by atoms with Crippen LogP contribution in [-0.2, 0) is 0 Å². The Morgan fingerprint density at radius 3 is 2.45 bits per heavy atom. The van der Waals surface area contributed by atoms with Crippen LogP contribution in [0.5, 0.6) is 0 Å². The van der Waals surface area contributed by atoms with E-state index in [0.29, 0.717) is 11.1 Å². The predicted octanol–water partition coefficient (Wildman–Crippen LogP) is 4.25. The van der Waals surface area contributed by atoms with Gasteiger partial charge in [0.05, 0.1) is 11.3 Å². The first kappa shape index (κ1) is 12.7. The Kier molecular flexibility index (Phi) is 2.90. The molecule has 4 aromatic rings. The van der Waals surface area contributed by atoms with E-state index < -0.39 is 0 Å². The van der Waals surface area contributed by atoms with Crippen molar-refractivity contribution in [3.63, 3.8) is 0 Å². The first-order valence-electron chi connectivity index (χ1n) is 7.09. The van der Waals surface area contributed by atoms with Crippen LogP contribution in [-0.4, -0.2) is 4.57 Å². The van der Waals surface area contributed by atoms with Crippen LogP contribution in [0.25, 0.3) is 27.9 Å². The van der Waals surface area contributed by atoms with Gasteiger partial charge in [0.25, 0.3) is 0 Å². The predicted molar refractivity (Wildman–Crippen MR) is 87.2 cm³/mol. The molecule has 3 heteroatoms. The van der Waals surface area contributed by atoms with Gasteiger partial charge in [-0.05, 0) is 36.4 Å². The Morgan fingerprint density at radius 2 is 1.59 bits per heavy atom. The third kappa shape index (κ3) is 2.04. The minimum absolute atomic E-state index is 0.324. The average molecular weight is 287 g/mol. The highest BCUT2D eigenvalue weighted by Gasteiger charge is 2.12. The summed E-state index contributed by atoms with van der Waals surface area (Å²) >= 11 is 0. The molecule has 106 valence electrons. The van der Waals surface area contributed by atoms with Gasteiger partial charge in [-0.2, -0.15) is 0 Å². The molecule has 0 bridgehead atoms. The van der Waals surface area contributed by atoms with Crippen molar-refractivity contribution >= 4 is 11.0 Å². The summed E-state index contributed by atoms with van der Waals surface area (Å²) in [5.41, 5.74) is 2.68. The van der Waals surface area contributed by atoms with E-state index in [4.69, 9.17) is 4.42 Å². The summed E-state index contributed by atoms with van der Waals surface area (Å²) in [5, 5.41) is 0.915. The number of fused-ring (bicyclic) bond motifs is 1. The maximum Gasteiger partial charge on any atom is 0.345 e. The topological polar surface area (TPSA) is 35.1 Å². The fraction of sp³-hybridized carbons (Fsp3) is 0. The van der Waals surface area contributed by atoms with Gasteiger partial charge in [-0.1, -0.05) is 36.4 Å². The van der Waals surface area contributed by atoms with Crippen molar-refractivity contribution < 1.29 is 4.42 Å². The summed E-state index contributed by atoms with van der Waals surface area (Å²) in [7, 11) is 0. The molecule has 3 nitrogen and oxygen atoms in total. The van der Waals surface area contributed by atoms with Gasteiger partial charge in [-0.3, -0.25) is 0 Å². The van der Waals surface area contributed by atoms with Crippen LogP contribution < -0.4 is 5.63 Å². The lowest BCUT2D eigenvalue weighted by Gasteiger charge is -2.09. The third-order valence-corrected chi connectivity index (χ3v) is 3.70. The molecule has 0 saturated heterocycles. The lowest BCUT2D eigenvalue weighted by atomic mass is 10.1. The molecule has 2 aromatic carbocycles. The average Bonchev–Trinajstić information content (AvgIpc) is 3.04. The number of nitrogens with zero attached hydrogens (tertiary/aromatic N) is 1. The fourth-order valence-corrected chi connectivity index (χ4v) is 2.65. The van der Waals surface area contributed by atoms with Gasteiger partial charge in [-0.15, -0.1) is 0 Å². The molecule has 0 atom stereocenters. The van der Waals surface area contributed by atoms with Crippen molar-refractivity contribution in [3.8, 4) is 16.9 Å². The standard InChI is InChI=1S/C19H13NO2/c21-19-16(13-14-7-4-5-11-18(14)22-19)17-10-6-12-20(17)15-8-2-1-3-9-15/h1-13H. The highest BCUT2D eigenvalue weighted by Crippen LogP contribution is 2.24. The summed E-state index contributed by atoms with van der Waals surface area (Å²) in [5.74, 6) is 0. The molecule has 0 amide bonds. The van der Waals surface area contributed by atoms with Gasteiger partial charge in [0, 0.05) is 17.3 Å². The number of rotatable bonds is 2. The molecular formula is C19H13NO2. The molecule has 22 heavy (non-hydrogen) atoms. The minimum Gasteiger partial charge on any atom is -0.422 e. The zero-order valence-electron chi connectivity index (χ0n) is 11.8. The Balaban J connectivity index is 1.96. The number of benzene rings is 2. The lowest BCUT2D eigenvalue weighted by molar-refractivity contribution is 0.563. The molecular weight excluding hydrogens is 274 g/mol. The van der Waals surface area contributed by atoms with Gasteiger partial charge in [0.1, 0.15) is 5.58 Å². The molecule has 0 aliphatic carbocycles. The van der Waals surface area contributed by atoms with Crippen LogP contribution in [0.3, 0.4) is 0 Å². The van der Waals surface area contributed by atoms with Crippen molar-refractivity contribution in [3.05, 3.63) is 89.4 Å². The molecule has 0 N–H and O–H groups in total. The molecule has 2 heterocycles. The van der Waals surface area contributed by atoms with Crippen molar-refractivity contribution in [2.75, 3.05) is 0 Å². The molecule has 0 aliphatic rings. The largest absolute Gasteiger partial charge is 0.422 e. The molecule has 4 rings (SSSR count). The van der Waals surface area contributed by atoms with E-state index in [-0.39, 0.29) is 5.63 Å². The quantitative estimate of drug-likeness (QED) is 0.517. The zero-order valence-corrected chi connectivity index (χ0v) is 11.8. The zero-order chi connectivity index (χ0) is 14.9. The number of hydrogen-bond donors (Lipinski definition) is 0. The maximum absolute atomic E-state index is 12.3. The van der Waals surface area contributed by atoms with Crippen LogP contribution in [0, 0.1) is 0 Å². The second-order valence-electron chi connectivity index (χ2n) is 5.08. The van der Waals surface area contributed by atoms with E-state index in [1.807, 2.05) is 77.5 Å². The van der Waals surface area contributed by atoms with E-state index in [0.717, 1.165) is 16.8 Å². The molecule has 0 aliphatic heterocycles. The second-order valence-corrected chi connectivity index (χ2v) is 5.08. The van der Waals surface area contributed by atoms with E-state index >= 15 is 0 Å². The highest BCUT2D eigenvalue weighted by molar-refractivity contribution is 5.81. The maximum atomic E-state index is 12.3. The Morgan fingerprint density at radius 1 is 0.818 bits per heavy atom. The smallest absolute Gasteiger partial charge is 0.345 e. The lowest BCUT2D eigenvalue weighted by Crippen LogP contribution is -2.06. The SMILES string of the molecule is O=c1oc2ccccc2cc1-c1cccn1-c1ccccc1. The first-order chi connectivity index (χ1) is 10.8. The van der Waals surface area contributed by atoms with Gasteiger partial charge >= 0.3 is 5.63 Å². The van der Waals surface area contributed by atoms with Crippen LogP contribution in [0.15, 0.2) is 88.2 Å². The molecule has 0 fully saturated rings. The highest BCUT2D eigenvalue weighted by atomic mass is 16.4. The van der Waals surface area contributed by atoms with Crippen molar-refractivity contribution in [2.45, 2.75) is 0 Å². The molecule has 0 unspecified atom stereocenters. The van der Waals surface area contributed by atoms with Crippen LogP contribution >= 0.6 is 0 Å².